The fraction of sp³-hybridized carbons (Fsp3) is 0.263. The van der Waals surface area contributed by atoms with Crippen molar-refractivity contribution in [1.82, 2.24) is 15.0 Å². The molecule has 0 bridgehead atoms. The van der Waals surface area contributed by atoms with Crippen LogP contribution in [0, 0.1) is 6.92 Å². The Bertz CT molecular complexity index is 1040. The van der Waals surface area contributed by atoms with Crippen molar-refractivity contribution in [2.75, 3.05) is 25.6 Å². The van der Waals surface area contributed by atoms with Gasteiger partial charge < -0.3 is 14.8 Å². The van der Waals surface area contributed by atoms with Gasteiger partial charge in [-0.25, -0.2) is 15.0 Å². The number of hydrogen-bond acceptors (Lipinski definition) is 7. The summed E-state index contributed by atoms with van der Waals surface area (Å²) in [6.07, 6.45) is 6.01. The first-order valence-corrected chi connectivity index (χ1v) is 9.32. The topological polar surface area (TPSA) is 86.2 Å². The number of fused-ring (bicyclic) bond motifs is 1. The van der Waals surface area contributed by atoms with Gasteiger partial charge in [-0.05, 0) is 31.1 Å². The zero-order valence-electron chi connectivity index (χ0n) is 15.0. The van der Waals surface area contributed by atoms with Gasteiger partial charge in [0.25, 0.3) is 5.91 Å². The Morgan fingerprint density at radius 2 is 2.15 bits per heavy atom. The predicted octanol–water partition coefficient (Wildman–Crippen LogP) is 3.46. The van der Waals surface area contributed by atoms with Gasteiger partial charge in [-0.3, -0.25) is 4.79 Å². The second-order valence-corrected chi connectivity index (χ2v) is 7.25. The highest BCUT2D eigenvalue weighted by molar-refractivity contribution is 7.13. The molecule has 4 rings (SSSR count). The van der Waals surface area contributed by atoms with Gasteiger partial charge in [0.1, 0.15) is 21.7 Å². The van der Waals surface area contributed by atoms with Crippen LogP contribution in [0.3, 0.4) is 0 Å². The van der Waals surface area contributed by atoms with E-state index in [4.69, 9.17) is 9.47 Å². The average molecular weight is 382 g/mol. The highest BCUT2D eigenvalue weighted by Crippen LogP contribution is 2.32. The molecule has 7 nitrogen and oxygen atoms in total. The maximum atomic E-state index is 12.4. The Kier molecular flexibility index (Phi) is 4.83. The number of methoxy groups -OCH3 is 1. The Morgan fingerprint density at radius 1 is 1.26 bits per heavy atom. The summed E-state index contributed by atoms with van der Waals surface area (Å²) in [5.74, 6) is 0.727. The highest BCUT2D eigenvalue weighted by Gasteiger charge is 2.16. The van der Waals surface area contributed by atoms with Crippen LogP contribution in [0.5, 0.6) is 5.75 Å². The number of hydrogen-bond donors (Lipinski definition) is 1. The number of aryl methyl sites for hydroxylation is 1. The second-order valence-electron chi connectivity index (χ2n) is 6.02. The van der Waals surface area contributed by atoms with Crippen LogP contribution in [0.2, 0.25) is 0 Å². The Labute approximate surface area is 160 Å². The number of nitrogens with one attached hydrogen (secondary N) is 1. The molecule has 1 aliphatic rings. The van der Waals surface area contributed by atoms with E-state index in [9.17, 15) is 4.79 Å². The van der Waals surface area contributed by atoms with Gasteiger partial charge >= 0.3 is 0 Å². The third-order valence-electron chi connectivity index (χ3n) is 4.28. The lowest BCUT2D eigenvalue weighted by atomic mass is 9.99. The van der Waals surface area contributed by atoms with E-state index in [1.165, 1.54) is 16.9 Å². The van der Waals surface area contributed by atoms with E-state index in [2.05, 4.69) is 26.3 Å². The zero-order chi connectivity index (χ0) is 18.8. The lowest BCUT2D eigenvalue weighted by Crippen LogP contribution is -2.12. The smallest absolute Gasteiger partial charge is 0.268 e. The average Bonchev–Trinajstić information content (AvgIpc) is 3.14. The molecule has 3 heterocycles. The van der Waals surface area contributed by atoms with Crippen molar-refractivity contribution in [2.45, 2.75) is 13.3 Å². The summed E-state index contributed by atoms with van der Waals surface area (Å²) in [6, 6.07) is 3.87. The number of benzene rings is 1. The summed E-state index contributed by atoms with van der Waals surface area (Å²) in [6.45, 7) is 3.14. The minimum atomic E-state index is -0.253. The lowest BCUT2D eigenvalue weighted by Gasteiger charge is -2.16. The predicted molar refractivity (Wildman–Crippen MR) is 104 cm³/mol. The third-order valence-corrected chi connectivity index (χ3v) is 5.19. The second kappa shape index (κ2) is 7.42. The number of nitrogens with zero attached hydrogens (tertiary/aromatic N) is 3. The van der Waals surface area contributed by atoms with E-state index >= 15 is 0 Å². The molecule has 0 fully saturated rings. The molecule has 1 aliphatic heterocycles. The molecule has 3 aromatic rings. The highest BCUT2D eigenvalue weighted by atomic mass is 32.1. The molecule has 0 saturated heterocycles. The number of carbonyl (C=O) groups excluding carboxylic acids is 1. The number of carbonyl (C=O) groups is 1. The first-order valence-electron chi connectivity index (χ1n) is 8.50. The van der Waals surface area contributed by atoms with Crippen molar-refractivity contribution in [3.8, 4) is 5.75 Å². The van der Waals surface area contributed by atoms with Crippen LogP contribution in [0.1, 0.15) is 26.7 Å². The normalized spacial score (nSPS) is 14.1. The molecule has 2 aromatic heterocycles. The molecule has 1 aromatic carbocycles. The minimum Gasteiger partial charge on any atom is -0.494 e. The molecular formula is C19H18N4O3S. The van der Waals surface area contributed by atoms with E-state index in [0.29, 0.717) is 35.2 Å². The number of thiazole rings is 1. The van der Waals surface area contributed by atoms with Gasteiger partial charge in [0.2, 0.25) is 0 Å². The first-order chi connectivity index (χ1) is 13.2. The lowest BCUT2D eigenvalue weighted by molar-refractivity contribution is 0.103. The van der Waals surface area contributed by atoms with E-state index in [-0.39, 0.29) is 5.91 Å². The summed E-state index contributed by atoms with van der Waals surface area (Å²) in [5, 5.41) is 3.62. The van der Waals surface area contributed by atoms with Crippen molar-refractivity contribution < 1.29 is 14.3 Å². The maximum Gasteiger partial charge on any atom is 0.268 e. The summed E-state index contributed by atoms with van der Waals surface area (Å²) >= 11 is 1.33. The standard InChI is InChI=1S/C19H18N4O3S/c1-11-20-9-15(27-11)19(24)23-16-10-21-17-13(12-5-7-26-8-6-12)3-4-14(25-2)18(17)22-16/h3-5,9-10H,6-8H2,1-2H3,(H,22,23,24). The Hall–Kier alpha value is -2.84. The van der Waals surface area contributed by atoms with E-state index in [1.54, 1.807) is 19.5 Å². The SMILES string of the molecule is COc1ccc(C2=CCOCC2)c2ncc(NC(=O)c3cnc(C)s3)nc12. The number of rotatable bonds is 4. The Balaban J connectivity index is 1.72. The fourth-order valence-electron chi connectivity index (χ4n) is 2.97. The van der Waals surface area contributed by atoms with Crippen LogP contribution in [-0.4, -0.2) is 41.2 Å². The summed E-state index contributed by atoms with van der Waals surface area (Å²) in [5.41, 5.74) is 3.55. The molecule has 0 atom stereocenters. The monoisotopic (exact) mass is 382 g/mol. The number of amides is 1. The number of aromatic nitrogens is 3. The quantitative estimate of drug-likeness (QED) is 0.744. The molecule has 1 N–H and O–H groups in total. The van der Waals surface area contributed by atoms with Crippen molar-refractivity contribution in [3.63, 3.8) is 0 Å². The van der Waals surface area contributed by atoms with Crippen LogP contribution < -0.4 is 10.1 Å². The molecule has 0 spiro atoms. The van der Waals surface area contributed by atoms with Gasteiger partial charge in [0.15, 0.2) is 5.82 Å². The van der Waals surface area contributed by atoms with Crippen molar-refractivity contribution >= 4 is 39.7 Å². The van der Waals surface area contributed by atoms with Gasteiger partial charge in [-0.1, -0.05) is 6.08 Å². The van der Waals surface area contributed by atoms with Crippen molar-refractivity contribution in [1.29, 1.82) is 0 Å². The molecule has 27 heavy (non-hydrogen) atoms. The van der Waals surface area contributed by atoms with E-state index in [1.807, 2.05) is 19.1 Å². The van der Waals surface area contributed by atoms with E-state index < -0.39 is 0 Å². The molecule has 0 saturated carbocycles. The maximum absolute atomic E-state index is 12.4. The Morgan fingerprint density at radius 3 is 2.85 bits per heavy atom. The fourth-order valence-corrected chi connectivity index (χ4v) is 3.65. The molecule has 138 valence electrons. The van der Waals surface area contributed by atoms with Gasteiger partial charge in [-0.15, -0.1) is 11.3 Å². The van der Waals surface area contributed by atoms with Crippen LogP contribution in [0.15, 0.2) is 30.6 Å². The molecule has 0 aliphatic carbocycles. The van der Waals surface area contributed by atoms with Gasteiger partial charge in [0, 0.05) is 5.56 Å². The van der Waals surface area contributed by atoms with Crippen molar-refractivity contribution in [2.24, 2.45) is 0 Å². The molecule has 8 heteroatoms. The largest absolute Gasteiger partial charge is 0.494 e. The van der Waals surface area contributed by atoms with Crippen LogP contribution in [0.25, 0.3) is 16.6 Å². The molecular weight excluding hydrogens is 364 g/mol. The number of anilines is 1. The molecule has 0 radical (unpaired) electrons. The first kappa shape index (κ1) is 17.6. The molecule has 0 unspecified atom stereocenters. The summed E-state index contributed by atoms with van der Waals surface area (Å²) in [7, 11) is 1.59. The third kappa shape index (κ3) is 3.54. The van der Waals surface area contributed by atoms with Gasteiger partial charge in [-0.2, -0.15) is 0 Å². The van der Waals surface area contributed by atoms with Crippen LogP contribution in [-0.2, 0) is 4.74 Å². The molecule has 1 amide bonds. The zero-order valence-corrected chi connectivity index (χ0v) is 15.8. The van der Waals surface area contributed by atoms with Gasteiger partial charge in [0.05, 0.1) is 37.7 Å². The van der Waals surface area contributed by atoms with Crippen molar-refractivity contribution in [3.05, 3.63) is 46.1 Å². The van der Waals surface area contributed by atoms with Crippen LogP contribution in [0.4, 0.5) is 5.82 Å². The minimum absolute atomic E-state index is 0.253. The number of ether oxygens (including phenoxy) is 2. The summed E-state index contributed by atoms with van der Waals surface area (Å²) < 4.78 is 10.8. The summed E-state index contributed by atoms with van der Waals surface area (Å²) in [4.78, 5) is 26.2. The van der Waals surface area contributed by atoms with Crippen LogP contribution >= 0.6 is 11.3 Å². The van der Waals surface area contributed by atoms with E-state index in [0.717, 1.165) is 22.5 Å².